The molecule has 2 unspecified atom stereocenters. The van der Waals surface area contributed by atoms with Crippen LogP contribution >= 0.6 is 0 Å². The molecule has 440 valence electrons. The highest BCUT2D eigenvalue weighted by molar-refractivity contribution is 5.78. The summed E-state index contributed by atoms with van der Waals surface area (Å²) in [6.07, 6.45) is 0.502. The highest BCUT2D eigenvalue weighted by Crippen LogP contribution is 2.11. The predicted octanol–water partition coefficient (Wildman–Crippen LogP) is -8.19. The fraction of sp³-hybridized carbons (Fsp3) is 0.610. The van der Waals surface area contributed by atoms with Gasteiger partial charge in [-0.05, 0) is 82.7 Å². The Kier molecular flexibility index (Phi) is 47.2. The number of ether oxygens (including phenoxy) is 1. The molecule has 0 aliphatic heterocycles. The molecule has 1 aromatic carbocycles. The van der Waals surface area contributed by atoms with E-state index >= 15 is 0 Å². The predicted molar refractivity (Wildman–Crippen MR) is 276 cm³/mol. The minimum Gasteiger partial charge on any atom is -0.508 e. The second kappa shape index (κ2) is 46.2. The Morgan fingerprint density at radius 1 is 0.526 bits per heavy atom. The van der Waals surface area contributed by atoms with Gasteiger partial charge in [0.25, 0.3) is 0 Å². The number of aliphatic carboxylic acids is 6. The van der Waals surface area contributed by atoms with Gasteiger partial charge in [-0.15, -0.1) is 0 Å². The lowest BCUT2D eigenvalue weighted by Crippen LogP contribution is -2.45. The minimum absolute atomic E-state index is 0.0241. The molecule has 0 bridgehead atoms. The van der Waals surface area contributed by atoms with Gasteiger partial charge >= 0.3 is 41.8 Å². The van der Waals surface area contributed by atoms with Crippen LogP contribution < -0.4 is 84.8 Å². The number of rotatable bonds is 29. The molecule has 0 aliphatic carbocycles. The number of carbonyl (C=O) groups is 7. The lowest BCUT2D eigenvalue weighted by Gasteiger charge is -2.19. The number of hydrogen-bond acceptors (Lipinski definition) is 23. The van der Waals surface area contributed by atoms with Crippen LogP contribution in [0.4, 0.5) is 0 Å². The summed E-state index contributed by atoms with van der Waals surface area (Å²) >= 11 is 0. The molecule has 35 nitrogen and oxygen atoms in total. The van der Waals surface area contributed by atoms with E-state index in [1.165, 1.54) is 19.1 Å². The summed E-state index contributed by atoms with van der Waals surface area (Å²) in [5.74, 6) is -7.69. The lowest BCUT2D eigenvalue weighted by molar-refractivity contribution is -0.155. The summed E-state index contributed by atoms with van der Waals surface area (Å²) in [6.45, 7) is 2.88. The molecule has 0 saturated carbocycles. The number of aliphatic hydroxyl groups excluding tert-OH is 2. The fourth-order valence-electron chi connectivity index (χ4n) is 4.51. The Labute approximate surface area is 437 Å². The first kappa shape index (κ1) is 77.6. The molecular weight excluding hydrogens is 1020 g/mol. The number of aromatic hydroxyl groups is 1. The molecule has 0 aromatic heterocycles. The number of phenols is 1. The molecule has 0 saturated heterocycles. The van der Waals surface area contributed by atoms with Crippen LogP contribution in [-0.2, 0) is 44.7 Å². The number of carboxylic acids is 6. The van der Waals surface area contributed by atoms with Gasteiger partial charge in [0.15, 0.2) is 17.9 Å². The summed E-state index contributed by atoms with van der Waals surface area (Å²) in [4.78, 5) is 73.0. The molecule has 0 heterocycles. The van der Waals surface area contributed by atoms with Gasteiger partial charge in [-0.3, -0.25) is 49.8 Å². The van der Waals surface area contributed by atoms with Gasteiger partial charge < -0.3 is 135 Å². The number of phenolic OH excluding ortho intramolecular Hbond substituents is 1. The largest absolute Gasteiger partial charge is 0.508 e. The van der Waals surface area contributed by atoms with Crippen molar-refractivity contribution in [2.75, 3.05) is 32.7 Å². The van der Waals surface area contributed by atoms with Crippen molar-refractivity contribution in [3.8, 4) is 5.75 Å². The molecule has 1 rings (SSSR count). The number of nitrogens with two attached hydrogens (primary N) is 12. The summed E-state index contributed by atoms with van der Waals surface area (Å²) in [6, 6.07) is -0.355. The number of benzene rings is 1. The van der Waals surface area contributed by atoms with Crippen LogP contribution in [0, 0.1) is 16.2 Å². The third-order valence-electron chi connectivity index (χ3n) is 8.93. The zero-order valence-corrected chi connectivity index (χ0v) is 42.2. The van der Waals surface area contributed by atoms with Crippen molar-refractivity contribution >= 4 is 59.7 Å². The monoisotopic (exact) mass is 1100 g/mol. The molecule has 0 radical (unpaired) electrons. The van der Waals surface area contributed by atoms with Gasteiger partial charge in [0.1, 0.15) is 54.1 Å². The highest BCUT2D eigenvalue weighted by Gasteiger charge is 2.26. The highest BCUT2D eigenvalue weighted by atomic mass is 16.5. The SMILES string of the molecule is C[C@@H](OC(=O)[C@@H](N)CCCN)[C@H](N)C(=O)O.N=C(N)NCC(O)C[C@H](N)C(=O)O.N=C(N)NCC(O)C[C@H](N)C(=O)O.N=C(N)NCCC[C@H](N)C(=O)O.NCCC[C@H](N)C(=O)O.N[C@@H](Cc1ccc(O)cc1)C(=O)O. The number of guanidine groups is 3. The van der Waals surface area contributed by atoms with Gasteiger partial charge in [-0.1, -0.05) is 12.1 Å². The average molecular weight is 1100 g/mol. The second-order valence-electron chi connectivity index (χ2n) is 15.9. The number of aliphatic hydroxyl groups is 2. The Morgan fingerprint density at radius 2 is 0.868 bits per heavy atom. The van der Waals surface area contributed by atoms with Gasteiger partial charge in [0.2, 0.25) is 0 Å². The standard InChI is InChI=1S/C9H19N3O4.C9H11NO3.2C6H14N4O3.C6H14N4O2.C5H12N2O2/c1-5(7(12)8(13)14)16-9(15)6(11)3-2-4-10;10-8(9(12)13)5-6-1-3-7(11)4-2-6;2*7-4(5(12)13)1-3(11)2-10-6(8)9;7-4(5(11)12)2-1-3-10-6(8)9;6-3-1-2-4(7)5(8)9/h5-7H,2-4,10-12H2,1H3,(H,13,14);1-4,8,11H,5,10H2,(H,12,13);2*3-4,11H,1-2,7H2,(H,12,13)(H4,8,9,10);4H,1-3,7H2,(H,11,12)(H4,8,9,10);4H,1-3,6-7H2,(H,8,9)/t5-,6+,7+;8-;2*3?,4-;2*4-/m100000/s1. The molecule has 0 amide bonds. The molecule has 0 spiro atoms. The Balaban J connectivity index is -0.000000267. The van der Waals surface area contributed by atoms with Crippen LogP contribution in [0.25, 0.3) is 0 Å². The van der Waals surface area contributed by atoms with E-state index in [-0.39, 0.29) is 56.0 Å². The maximum absolute atomic E-state index is 11.3. The van der Waals surface area contributed by atoms with E-state index in [9.17, 15) is 33.6 Å². The number of esters is 1. The first-order chi connectivity index (χ1) is 35.1. The van der Waals surface area contributed by atoms with E-state index in [4.69, 9.17) is 136 Å². The van der Waals surface area contributed by atoms with Crippen LogP contribution in [0.1, 0.15) is 63.9 Å². The van der Waals surface area contributed by atoms with Crippen molar-refractivity contribution in [2.24, 2.45) is 68.8 Å². The van der Waals surface area contributed by atoms with E-state index in [1.807, 2.05) is 0 Å². The average Bonchev–Trinajstić information content (AvgIpc) is 3.33. The second-order valence-corrected chi connectivity index (χ2v) is 15.9. The Bertz CT molecular complexity index is 1820. The lowest BCUT2D eigenvalue weighted by atomic mass is 10.1. The zero-order chi connectivity index (χ0) is 60.3. The van der Waals surface area contributed by atoms with E-state index in [0.29, 0.717) is 58.2 Å². The topological polar surface area (TPSA) is 731 Å². The van der Waals surface area contributed by atoms with Crippen LogP contribution in [0.2, 0.25) is 0 Å². The minimum atomic E-state index is -1.24. The smallest absolute Gasteiger partial charge is 0.324 e. The van der Waals surface area contributed by atoms with E-state index in [0.717, 1.165) is 5.56 Å². The molecule has 39 N–H and O–H groups in total. The van der Waals surface area contributed by atoms with Crippen LogP contribution in [0.3, 0.4) is 0 Å². The summed E-state index contributed by atoms with van der Waals surface area (Å²) in [5, 5.41) is 105. The number of carboxylic acid groups (broad SMARTS) is 6. The fourth-order valence-corrected chi connectivity index (χ4v) is 4.51. The van der Waals surface area contributed by atoms with Crippen molar-refractivity contribution in [3.05, 3.63) is 29.8 Å². The Hall–Kier alpha value is -7.32. The zero-order valence-electron chi connectivity index (χ0n) is 42.2. The Morgan fingerprint density at radius 3 is 1.18 bits per heavy atom. The van der Waals surface area contributed by atoms with Gasteiger partial charge in [-0.2, -0.15) is 0 Å². The number of nitrogens with one attached hydrogen (secondary N) is 6. The molecular formula is C41H84N18O17. The third kappa shape index (κ3) is 50.2. The molecule has 0 aliphatic rings. The first-order valence-corrected chi connectivity index (χ1v) is 22.7. The van der Waals surface area contributed by atoms with Crippen molar-refractivity contribution in [1.29, 1.82) is 16.2 Å². The third-order valence-corrected chi connectivity index (χ3v) is 8.93. The van der Waals surface area contributed by atoms with E-state index in [1.54, 1.807) is 12.1 Å². The van der Waals surface area contributed by atoms with Crippen LogP contribution in [0.15, 0.2) is 24.3 Å². The van der Waals surface area contributed by atoms with Crippen molar-refractivity contribution in [2.45, 2.75) is 125 Å². The number of carbonyl (C=O) groups excluding carboxylic acids is 1. The van der Waals surface area contributed by atoms with E-state index in [2.05, 4.69) is 16.0 Å². The molecule has 35 heteroatoms. The first-order valence-electron chi connectivity index (χ1n) is 22.7. The summed E-state index contributed by atoms with van der Waals surface area (Å²) in [7, 11) is 0. The van der Waals surface area contributed by atoms with Gasteiger partial charge in [-0.25, -0.2) is 0 Å². The van der Waals surface area contributed by atoms with Crippen LogP contribution in [-0.4, -0.2) is 199 Å². The normalized spacial score (nSPS) is 14.0. The van der Waals surface area contributed by atoms with Crippen molar-refractivity contribution < 1.29 is 84.3 Å². The van der Waals surface area contributed by atoms with E-state index < -0.39 is 102 Å². The van der Waals surface area contributed by atoms with Crippen molar-refractivity contribution in [3.63, 3.8) is 0 Å². The van der Waals surface area contributed by atoms with Gasteiger partial charge in [0.05, 0.1) is 12.2 Å². The molecule has 0 fully saturated rings. The summed E-state index contributed by atoms with van der Waals surface area (Å²) in [5.41, 5.74) is 62.8. The quantitative estimate of drug-likeness (QED) is 0.0153. The van der Waals surface area contributed by atoms with Crippen molar-refractivity contribution in [1.82, 2.24) is 16.0 Å². The maximum atomic E-state index is 11.3. The maximum Gasteiger partial charge on any atom is 0.324 e. The van der Waals surface area contributed by atoms with Gasteiger partial charge in [0, 0.05) is 32.5 Å². The summed E-state index contributed by atoms with van der Waals surface area (Å²) < 4.78 is 4.82. The molecule has 76 heavy (non-hydrogen) atoms. The molecule has 10 atom stereocenters. The number of hydrogen-bond donors (Lipinski definition) is 27. The van der Waals surface area contributed by atoms with Crippen LogP contribution in [0.5, 0.6) is 5.75 Å². The molecule has 1 aromatic rings.